The van der Waals surface area contributed by atoms with Crippen LogP contribution in [0.5, 0.6) is 5.75 Å². The van der Waals surface area contributed by atoms with Gasteiger partial charge in [-0.2, -0.15) is 0 Å². The number of nitrogens with one attached hydrogen (secondary N) is 1. The molecule has 0 spiro atoms. The van der Waals surface area contributed by atoms with Crippen LogP contribution in [0.15, 0.2) is 24.3 Å². The van der Waals surface area contributed by atoms with Crippen molar-refractivity contribution in [2.24, 2.45) is 11.7 Å². The summed E-state index contributed by atoms with van der Waals surface area (Å²) < 4.78 is 10.9. The molecule has 0 saturated heterocycles. The molecule has 2 unspecified atom stereocenters. The predicted molar refractivity (Wildman–Crippen MR) is 94.8 cm³/mol. The Morgan fingerprint density at radius 3 is 2.75 bits per heavy atom. The molecular formula is C19H30N2O3. The minimum Gasteiger partial charge on any atom is -0.497 e. The summed E-state index contributed by atoms with van der Waals surface area (Å²) in [6, 6.07) is 7.72. The minimum atomic E-state index is -0.506. The van der Waals surface area contributed by atoms with Crippen LogP contribution in [-0.4, -0.2) is 31.7 Å². The molecule has 1 amide bonds. The fourth-order valence-electron chi connectivity index (χ4n) is 3.26. The number of benzene rings is 1. The summed E-state index contributed by atoms with van der Waals surface area (Å²) in [5, 5.41) is 3.08. The van der Waals surface area contributed by atoms with Gasteiger partial charge in [-0.05, 0) is 43.4 Å². The van der Waals surface area contributed by atoms with E-state index in [1.54, 1.807) is 14.0 Å². The monoisotopic (exact) mass is 334 g/mol. The van der Waals surface area contributed by atoms with E-state index in [4.69, 9.17) is 15.2 Å². The highest BCUT2D eigenvalue weighted by Crippen LogP contribution is 2.26. The molecule has 5 heteroatoms. The van der Waals surface area contributed by atoms with Crippen molar-refractivity contribution in [3.05, 3.63) is 29.8 Å². The largest absolute Gasteiger partial charge is 0.497 e. The maximum absolute atomic E-state index is 12.4. The molecule has 1 aromatic carbocycles. The van der Waals surface area contributed by atoms with Gasteiger partial charge >= 0.3 is 0 Å². The average molecular weight is 334 g/mol. The summed E-state index contributed by atoms with van der Waals surface area (Å²) in [5.41, 5.74) is 6.86. The van der Waals surface area contributed by atoms with Crippen LogP contribution >= 0.6 is 0 Å². The summed E-state index contributed by atoms with van der Waals surface area (Å²) in [6.07, 6.45) is 5.57. The topological polar surface area (TPSA) is 73.6 Å². The number of carbonyl (C=O) groups is 1. The Hall–Kier alpha value is -1.59. The Morgan fingerprint density at radius 2 is 2.08 bits per heavy atom. The van der Waals surface area contributed by atoms with E-state index in [1.165, 1.54) is 19.3 Å². The van der Waals surface area contributed by atoms with Crippen molar-refractivity contribution in [1.82, 2.24) is 5.32 Å². The van der Waals surface area contributed by atoms with Gasteiger partial charge in [-0.15, -0.1) is 0 Å². The second kappa shape index (κ2) is 9.64. The fraction of sp³-hybridized carbons (Fsp3) is 0.632. The number of hydrogen-bond donors (Lipinski definition) is 2. The third-order valence-electron chi connectivity index (χ3n) is 4.80. The molecule has 3 N–H and O–H groups in total. The van der Waals surface area contributed by atoms with E-state index in [2.05, 4.69) is 5.32 Å². The van der Waals surface area contributed by atoms with Crippen molar-refractivity contribution in [3.63, 3.8) is 0 Å². The first-order valence-corrected chi connectivity index (χ1v) is 8.89. The van der Waals surface area contributed by atoms with Crippen LogP contribution in [0.1, 0.15) is 44.6 Å². The molecule has 24 heavy (non-hydrogen) atoms. The first-order valence-electron chi connectivity index (χ1n) is 8.89. The number of nitrogens with two attached hydrogens (primary N) is 1. The lowest BCUT2D eigenvalue weighted by atomic mass is 9.84. The summed E-state index contributed by atoms with van der Waals surface area (Å²) >= 11 is 0. The van der Waals surface area contributed by atoms with E-state index in [0.717, 1.165) is 24.2 Å². The molecule has 2 atom stereocenters. The lowest BCUT2D eigenvalue weighted by Gasteiger charge is -2.30. The molecular weight excluding hydrogens is 304 g/mol. The van der Waals surface area contributed by atoms with E-state index < -0.39 is 6.10 Å². The highest BCUT2D eigenvalue weighted by atomic mass is 16.5. The zero-order chi connectivity index (χ0) is 17.4. The van der Waals surface area contributed by atoms with Crippen molar-refractivity contribution >= 4 is 5.91 Å². The normalized spacial score (nSPS) is 18.0. The molecule has 5 nitrogen and oxygen atoms in total. The van der Waals surface area contributed by atoms with E-state index >= 15 is 0 Å². The Bertz CT molecular complexity index is 515. The summed E-state index contributed by atoms with van der Waals surface area (Å²) in [7, 11) is 1.63. The quantitative estimate of drug-likeness (QED) is 0.766. The van der Waals surface area contributed by atoms with Gasteiger partial charge in [0, 0.05) is 12.6 Å². The second-order valence-corrected chi connectivity index (χ2v) is 6.55. The standard InChI is InChI=1S/C19H30N2O3/c1-14(24-13-15-7-6-10-17(11-15)23-2)19(22)21-18(12-20)16-8-4-3-5-9-16/h6-7,10-11,14,16,18H,3-5,8-9,12-13,20H2,1-2H3,(H,21,22). The van der Waals surface area contributed by atoms with Crippen LogP contribution in [0, 0.1) is 5.92 Å². The Morgan fingerprint density at radius 1 is 1.33 bits per heavy atom. The summed E-state index contributed by atoms with van der Waals surface area (Å²) in [6.45, 7) is 2.64. The van der Waals surface area contributed by atoms with Gasteiger partial charge in [0.25, 0.3) is 0 Å². The van der Waals surface area contributed by atoms with Crippen LogP contribution in [0.2, 0.25) is 0 Å². The first kappa shape index (κ1) is 18.7. The van der Waals surface area contributed by atoms with Crippen molar-refractivity contribution in [2.45, 2.75) is 57.8 Å². The zero-order valence-electron chi connectivity index (χ0n) is 14.8. The van der Waals surface area contributed by atoms with Gasteiger partial charge in [-0.25, -0.2) is 0 Å². The number of methoxy groups -OCH3 is 1. The summed E-state index contributed by atoms with van der Waals surface area (Å²) in [4.78, 5) is 12.4. The van der Waals surface area contributed by atoms with Gasteiger partial charge in [0.15, 0.2) is 0 Å². The number of amides is 1. The average Bonchev–Trinajstić information content (AvgIpc) is 2.64. The molecule has 0 aliphatic heterocycles. The molecule has 0 aromatic heterocycles. The van der Waals surface area contributed by atoms with Crippen LogP contribution in [0.25, 0.3) is 0 Å². The molecule has 0 heterocycles. The maximum Gasteiger partial charge on any atom is 0.249 e. The molecule has 1 aliphatic rings. The van der Waals surface area contributed by atoms with Crippen molar-refractivity contribution in [3.8, 4) is 5.75 Å². The maximum atomic E-state index is 12.4. The summed E-state index contributed by atoms with van der Waals surface area (Å²) in [5.74, 6) is 1.20. The molecule has 1 saturated carbocycles. The van der Waals surface area contributed by atoms with E-state index in [-0.39, 0.29) is 11.9 Å². The number of ether oxygens (including phenoxy) is 2. The lowest BCUT2D eigenvalue weighted by molar-refractivity contribution is -0.133. The van der Waals surface area contributed by atoms with Gasteiger partial charge in [0.05, 0.1) is 13.7 Å². The lowest BCUT2D eigenvalue weighted by Crippen LogP contribution is -2.49. The van der Waals surface area contributed by atoms with E-state index in [9.17, 15) is 4.79 Å². The molecule has 1 fully saturated rings. The van der Waals surface area contributed by atoms with E-state index in [1.807, 2.05) is 24.3 Å². The Balaban J connectivity index is 1.81. The van der Waals surface area contributed by atoms with Crippen molar-refractivity contribution in [2.75, 3.05) is 13.7 Å². The van der Waals surface area contributed by atoms with Crippen LogP contribution in [0.4, 0.5) is 0 Å². The SMILES string of the molecule is COc1cccc(COC(C)C(=O)NC(CN)C2CCCCC2)c1. The van der Waals surface area contributed by atoms with Crippen LogP contribution < -0.4 is 15.8 Å². The van der Waals surface area contributed by atoms with Gasteiger partial charge in [-0.1, -0.05) is 31.4 Å². The number of carbonyl (C=O) groups excluding carboxylic acids is 1. The third kappa shape index (κ3) is 5.49. The van der Waals surface area contributed by atoms with Crippen molar-refractivity contribution in [1.29, 1.82) is 0 Å². The first-order chi connectivity index (χ1) is 11.6. The highest BCUT2D eigenvalue weighted by molar-refractivity contribution is 5.80. The van der Waals surface area contributed by atoms with Crippen LogP contribution in [0.3, 0.4) is 0 Å². The van der Waals surface area contributed by atoms with Gasteiger partial charge in [0.1, 0.15) is 11.9 Å². The molecule has 0 radical (unpaired) electrons. The molecule has 134 valence electrons. The van der Waals surface area contributed by atoms with Gasteiger partial charge in [-0.3, -0.25) is 4.79 Å². The molecule has 1 aliphatic carbocycles. The highest BCUT2D eigenvalue weighted by Gasteiger charge is 2.25. The Labute approximate surface area is 144 Å². The van der Waals surface area contributed by atoms with Gasteiger partial charge < -0.3 is 20.5 Å². The second-order valence-electron chi connectivity index (χ2n) is 6.55. The Kier molecular flexibility index (Phi) is 7.53. The van der Waals surface area contributed by atoms with Crippen molar-refractivity contribution < 1.29 is 14.3 Å². The van der Waals surface area contributed by atoms with E-state index in [0.29, 0.717) is 19.1 Å². The third-order valence-corrected chi connectivity index (χ3v) is 4.80. The van der Waals surface area contributed by atoms with Gasteiger partial charge in [0.2, 0.25) is 5.91 Å². The number of hydrogen-bond acceptors (Lipinski definition) is 4. The molecule has 1 aromatic rings. The fourth-order valence-corrected chi connectivity index (χ4v) is 3.26. The number of rotatable bonds is 8. The predicted octanol–water partition coefficient (Wildman–Crippen LogP) is 2.62. The smallest absolute Gasteiger partial charge is 0.249 e. The molecule has 2 rings (SSSR count). The molecule has 0 bridgehead atoms. The zero-order valence-corrected chi connectivity index (χ0v) is 14.8. The van der Waals surface area contributed by atoms with Crippen LogP contribution in [-0.2, 0) is 16.1 Å². The minimum absolute atomic E-state index is 0.0562.